The van der Waals surface area contributed by atoms with Crippen molar-refractivity contribution in [2.24, 2.45) is 11.8 Å². The van der Waals surface area contributed by atoms with E-state index in [-0.39, 0.29) is 18.0 Å². The second-order valence-electron chi connectivity index (χ2n) is 13.4. The summed E-state index contributed by atoms with van der Waals surface area (Å²) < 4.78 is 0. The highest BCUT2D eigenvalue weighted by atomic mass is 16.4. The zero-order valence-electron chi connectivity index (χ0n) is 29.2. The second kappa shape index (κ2) is 35.4. The summed E-state index contributed by atoms with van der Waals surface area (Å²) in [6, 6.07) is 0. The van der Waals surface area contributed by atoms with Gasteiger partial charge in [0, 0.05) is 0 Å². The van der Waals surface area contributed by atoms with E-state index in [1.54, 1.807) is 0 Å². The fourth-order valence-corrected chi connectivity index (χ4v) is 6.36. The summed E-state index contributed by atoms with van der Waals surface area (Å²) in [7, 11) is 0. The van der Waals surface area contributed by atoms with Crippen LogP contribution in [0.3, 0.4) is 0 Å². The molecule has 5 heteroatoms. The minimum Gasteiger partial charge on any atom is -0.481 e. The number of carbonyl (C=O) groups is 2. The SMILES string of the molecule is CCCCCCCCCCCCCCCCC(CCC(CCCCCCCCCCCCCCCC)C(=O)O)C(=O)O.N. The van der Waals surface area contributed by atoms with Gasteiger partial charge in [0.15, 0.2) is 0 Å². The Labute approximate surface area is 268 Å². The van der Waals surface area contributed by atoms with Crippen LogP contribution in [0.2, 0.25) is 0 Å². The molecule has 0 bridgehead atoms. The van der Waals surface area contributed by atoms with E-state index >= 15 is 0 Å². The Morgan fingerprint density at radius 3 is 0.721 bits per heavy atom. The molecule has 0 fully saturated rings. The van der Waals surface area contributed by atoms with Crippen LogP contribution >= 0.6 is 0 Å². The van der Waals surface area contributed by atoms with Gasteiger partial charge in [0.25, 0.3) is 0 Å². The van der Waals surface area contributed by atoms with Crippen molar-refractivity contribution in [3.63, 3.8) is 0 Å². The van der Waals surface area contributed by atoms with Gasteiger partial charge in [0.2, 0.25) is 0 Å². The van der Waals surface area contributed by atoms with Crippen molar-refractivity contribution < 1.29 is 19.8 Å². The molecular formula is C38H77NO4. The van der Waals surface area contributed by atoms with E-state index in [4.69, 9.17) is 0 Å². The van der Waals surface area contributed by atoms with E-state index in [0.29, 0.717) is 25.7 Å². The first kappa shape index (κ1) is 44.0. The number of rotatable bonds is 35. The van der Waals surface area contributed by atoms with Crippen LogP contribution in [-0.2, 0) is 9.59 Å². The molecule has 2 atom stereocenters. The number of carboxylic acid groups (broad SMARTS) is 2. The van der Waals surface area contributed by atoms with E-state index in [1.165, 1.54) is 154 Å². The van der Waals surface area contributed by atoms with E-state index in [9.17, 15) is 19.8 Å². The normalized spacial score (nSPS) is 12.6. The molecule has 0 aliphatic heterocycles. The summed E-state index contributed by atoms with van der Waals surface area (Å²) in [5.41, 5.74) is 0. The number of hydrogen-bond donors (Lipinski definition) is 3. The van der Waals surface area contributed by atoms with E-state index in [2.05, 4.69) is 13.8 Å². The molecule has 258 valence electrons. The van der Waals surface area contributed by atoms with Crippen molar-refractivity contribution in [2.45, 2.75) is 219 Å². The van der Waals surface area contributed by atoms with E-state index < -0.39 is 11.9 Å². The second-order valence-corrected chi connectivity index (χ2v) is 13.4. The van der Waals surface area contributed by atoms with Gasteiger partial charge in [-0.1, -0.05) is 194 Å². The molecular weight excluding hydrogens is 534 g/mol. The Morgan fingerprint density at radius 2 is 0.535 bits per heavy atom. The first-order chi connectivity index (χ1) is 20.5. The topological polar surface area (TPSA) is 110 Å². The van der Waals surface area contributed by atoms with Crippen LogP contribution in [0.1, 0.15) is 219 Å². The van der Waals surface area contributed by atoms with E-state index in [0.717, 1.165) is 25.7 Å². The maximum atomic E-state index is 11.8. The molecule has 0 aromatic heterocycles. The molecule has 0 heterocycles. The van der Waals surface area contributed by atoms with Crippen LogP contribution in [0.15, 0.2) is 0 Å². The summed E-state index contributed by atoms with van der Waals surface area (Å²) in [6.45, 7) is 4.54. The highest BCUT2D eigenvalue weighted by Crippen LogP contribution is 2.24. The average Bonchev–Trinajstić information content (AvgIpc) is 2.97. The van der Waals surface area contributed by atoms with Crippen molar-refractivity contribution in [1.29, 1.82) is 0 Å². The predicted octanol–water partition coefficient (Wildman–Crippen LogP) is 13.1. The predicted molar refractivity (Wildman–Crippen MR) is 186 cm³/mol. The maximum absolute atomic E-state index is 11.8. The van der Waals surface area contributed by atoms with Crippen LogP contribution in [0.5, 0.6) is 0 Å². The molecule has 0 radical (unpaired) electrons. The van der Waals surface area contributed by atoms with Crippen LogP contribution in [0.25, 0.3) is 0 Å². The zero-order valence-corrected chi connectivity index (χ0v) is 29.2. The molecule has 43 heavy (non-hydrogen) atoms. The van der Waals surface area contributed by atoms with Crippen LogP contribution in [0.4, 0.5) is 0 Å². The molecule has 0 aromatic rings. The number of carboxylic acids is 2. The minimum atomic E-state index is -0.745. The minimum absolute atomic E-state index is 0. The summed E-state index contributed by atoms with van der Waals surface area (Å²) in [5, 5.41) is 19.4. The molecule has 5 nitrogen and oxygen atoms in total. The lowest BCUT2D eigenvalue weighted by Crippen LogP contribution is -2.19. The lowest BCUT2D eigenvalue weighted by atomic mass is 9.89. The number of hydrogen-bond acceptors (Lipinski definition) is 3. The van der Waals surface area contributed by atoms with Gasteiger partial charge in [-0.3, -0.25) is 9.59 Å². The van der Waals surface area contributed by atoms with E-state index in [1.807, 2.05) is 0 Å². The number of unbranched alkanes of at least 4 members (excludes halogenated alkanes) is 26. The van der Waals surface area contributed by atoms with Gasteiger partial charge in [0.1, 0.15) is 0 Å². The Kier molecular flexibility index (Phi) is 36.2. The quantitative estimate of drug-likeness (QED) is 0.0617. The highest BCUT2D eigenvalue weighted by Gasteiger charge is 2.22. The van der Waals surface area contributed by atoms with Gasteiger partial charge in [-0.25, -0.2) is 0 Å². The summed E-state index contributed by atoms with van der Waals surface area (Å²) in [5.74, 6) is -2.27. The van der Waals surface area contributed by atoms with Crippen molar-refractivity contribution in [1.82, 2.24) is 6.15 Å². The monoisotopic (exact) mass is 612 g/mol. The Morgan fingerprint density at radius 1 is 0.349 bits per heavy atom. The largest absolute Gasteiger partial charge is 0.481 e. The summed E-state index contributed by atoms with van der Waals surface area (Å²) >= 11 is 0. The van der Waals surface area contributed by atoms with Gasteiger partial charge in [0.05, 0.1) is 11.8 Å². The molecule has 2 unspecified atom stereocenters. The molecule has 0 saturated heterocycles. The van der Waals surface area contributed by atoms with Crippen LogP contribution < -0.4 is 6.15 Å². The third kappa shape index (κ3) is 32.1. The van der Waals surface area contributed by atoms with Gasteiger partial charge in [-0.15, -0.1) is 0 Å². The van der Waals surface area contributed by atoms with Gasteiger partial charge in [-0.05, 0) is 25.7 Å². The first-order valence-electron chi connectivity index (χ1n) is 19.0. The third-order valence-corrected chi connectivity index (χ3v) is 9.37. The standard InChI is InChI=1S/C38H74O4.H3N/c1-3-5-7-9-11-13-15-17-19-21-23-25-27-29-31-35(37(39)40)33-34-36(38(41)42)32-30-28-26-24-22-20-18-16-14-12-10-8-6-4-2;/h35-36H,3-34H2,1-2H3,(H,39,40)(H,41,42);1H3. The fraction of sp³-hybridized carbons (Fsp3) is 0.947. The summed E-state index contributed by atoms with van der Waals surface area (Å²) in [4.78, 5) is 23.6. The third-order valence-electron chi connectivity index (χ3n) is 9.37. The summed E-state index contributed by atoms with van der Waals surface area (Å²) in [6.07, 6.45) is 38.8. The van der Waals surface area contributed by atoms with Gasteiger partial charge >= 0.3 is 11.9 Å². The average molecular weight is 612 g/mol. The molecule has 0 aromatic carbocycles. The highest BCUT2D eigenvalue weighted by molar-refractivity contribution is 5.71. The number of aliphatic carboxylic acids is 2. The fourth-order valence-electron chi connectivity index (χ4n) is 6.36. The molecule has 0 aliphatic carbocycles. The molecule has 0 amide bonds. The Bertz CT molecular complexity index is 532. The first-order valence-corrected chi connectivity index (χ1v) is 19.0. The molecule has 5 N–H and O–H groups in total. The van der Waals surface area contributed by atoms with Crippen molar-refractivity contribution in [3.05, 3.63) is 0 Å². The maximum Gasteiger partial charge on any atom is 0.306 e. The van der Waals surface area contributed by atoms with Crippen molar-refractivity contribution in [2.75, 3.05) is 0 Å². The lowest BCUT2D eigenvalue weighted by molar-refractivity contribution is -0.145. The Balaban J connectivity index is 0. The smallest absolute Gasteiger partial charge is 0.306 e. The molecule has 0 aliphatic rings. The van der Waals surface area contributed by atoms with Crippen LogP contribution in [-0.4, -0.2) is 22.2 Å². The molecule has 0 rings (SSSR count). The molecule has 0 spiro atoms. The zero-order chi connectivity index (χ0) is 30.9. The lowest BCUT2D eigenvalue weighted by Gasteiger charge is -2.16. The Hall–Kier alpha value is -1.10. The van der Waals surface area contributed by atoms with Gasteiger partial charge in [-0.2, -0.15) is 0 Å². The molecule has 0 saturated carbocycles. The van der Waals surface area contributed by atoms with Crippen molar-refractivity contribution in [3.8, 4) is 0 Å². The van der Waals surface area contributed by atoms with Gasteiger partial charge < -0.3 is 16.4 Å². The van der Waals surface area contributed by atoms with Crippen LogP contribution in [0, 0.1) is 11.8 Å². The van der Waals surface area contributed by atoms with Crippen molar-refractivity contribution >= 4 is 11.9 Å².